The highest BCUT2D eigenvalue weighted by atomic mass is 16.5. The Bertz CT molecular complexity index is 1130. The summed E-state index contributed by atoms with van der Waals surface area (Å²) in [5.41, 5.74) is 2.27. The van der Waals surface area contributed by atoms with E-state index in [2.05, 4.69) is 12.1 Å². The molecule has 0 amide bonds. The molecular weight excluding hydrogens is 324 g/mol. The maximum atomic E-state index is 12.5. The minimum Gasteiger partial charge on any atom is -0.496 e. The Morgan fingerprint density at radius 3 is 1.88 bits per heavy atom. The molecule has 4 aromatic rings. The summed E-state index contributed by atoms with van der Waals surface area (Å²) in [5, 5.41) is 4.18. The van der Waals surface area contributed by atoms with Crippen LogP contribution in [-0.2, 0) is 4.74 Å². The summed E-state index contributed by atoms with van der Waals surface area (Å²) in [4.78, 5) is 12.5. The second kappa shape index (κ2) is 6.52. The molecule has 0 aromatic heterocycles. The molecule has 0 saturated carbocycles. The summed E-state index contributed by atoms with van der Waals surface area (Å²) in [6, 6.07) is 23.9. The normalized spacial score (nSPS) is 10.8. The third kappa shape index (κ3) is 2.49. The van der Waals surface area contributed by atoms with Crippen molar-refractivity contribution in [1.29, 1.82) is 0 Å². The molecule has 0 N–H and O–H groups in total. The summed E-state index contributed by atoms with van der Waals surface area (Å²) < 4.78 is 10.7. The lowest BCUT2D eigenvalue weighted by atomic mass is 9.89. The van der Waals surface area contributed by atoms with Crippen LogP contribution in [0.4, 0.5) is 0 Å². The maximum absolute atomic E-state index is 12.5. The van der Waals surface area contributed by atoms with E-state index in [4.69, 9.17) is 9.47 Å². The fraction of sp³-hybridized carbons (Fsp3) is 0.0870. The first kappa shape index (κ1) is 16.2. The molecule has 0 radical (unpaired) electrons. The van der Waals surface area contributed by atoms with Gasteiger partial charge in [0.2, 0.25) is 0 Å². The van der Waals surface area contributed by atoms with Gasteiger partial charge in [0.05, 0.1) is 19.8 Å². The Balaban J connectivity index is 2.21. The number of esters is 1. The minimum absolute atomic E-state index is 0.360. The molecule has 26 heavy (non-hydrogen) atoms. The van der Waals surface area contributed by atoms with Crippen molar-refractivity contribution >= 4 is 27.5 Å². The Labute approximate surface area is 151 Å². The number of carbonyl (C=O) groups excluding carboxylic acids is 1. The van der Waals surface area contributed by atoms with Crippen molar-refractivity contribution in [3.63, 3.8) is 0 Å². The average Bonchev–Trinajstić information content (AvgIpc) is 2.71. The lowest BCUT2D eigenvalue weighted by molar-refractivity contribution is 0.0602. The molecule has 3 heteroatoms. The van der Waals surface area contributed by atoms with Crippen molar-refractivity contribution < 1.29 is 14.3 Å². The number of ether oxygens (including phenoxy) is 2. The number of benzene rings is 4. The van der Waals surface area contributed by atoms with Crippen molar-refractivity contribution in [2.24, 2.45) is 0 Å². The molecule has 4 rings (SSSR count). The van der Waals surface area contributed by atoms with Crippen molar-refractivity contribution in [2.45, 2.75) is 0 Å². The van der Waals surface area contributed by atoms with E-state index in [1.54, 1.807) is 7.11 Å². The monoisotopic (exact) mass is 342 g/mol. The van der Waals surface area contributed by atoms with Gasteiger partial charge in [-0.25, -0.2) is 4.79 Å². The van der Waals surface area contributed by atoms with Gasteiger partial charge in [-0.15, -0.1) is 0 Å². The molecule has 0 bridgehead atoms. The van der Waals surface area contributed by atoms with Crippen molar-refractivity contribution in [3.8, 4) is 16.9 Å². The van der Waals surface area contributed by atoms with Gasteiger partial charge >= 0.3 is 5.97 Å². The van der Waals surface area contributed by atoms with Gasteiger partial charge in [0.25, 0.3) is 0 Å². The van der Waals surface area contributed by atoms with Crippen molar-refractivity contribution in [3.05, 3.63) is 78.4 Å². The lowest BCUT2D eigenvalue weighted by Crippen LogP contribution is -2.05. The summed E-state index contributed by atoms with van der Waals surface area (Å²) in [5.74, 6) is 0.367. The van der Waals surface area contributed by atoms with Gasteiger partial charge in [0.15, 0.2) is 0 Å². The number of hydrogen-bond donors (Lipinski definition) is 0. The first-order chi connectivity index (χ1) is 12.7. The fourth-order valence-corrected chi connectivity index (χ4v) is 3.50. The van der Waals surface area contributed by atoms with Gasteiger partial charge in [0.1, 0.15) is 5.75 Å². The molecule has 128 valence electrons. The van der Waals surface area contributed by atoms with Crippen LogP contribution in [0.25, 0.3) is 32.7 Å². The van der Waals surface area contributed by atoms with E-state index in [9.17, 15) is 4.79 Å². The van der Waals surface area contributed by atoms with Crippen LogP contribution in [-0.4, -0.2) is 20.2 Å². The highest BCUT2D eigenvalue weighted by molar-refractivity contribution is 6.14. The molecule has 0 aliphatic rings. The van der Waals surface area contributed by atoms with Crippen molar-refractivity contribution in [1.82, 2.24) is 0 Å². The molecule has 3 nitrogen and oxygen atoms in total. The number of fused-ring (bicyclic) bond motifs is 2. The number of carbonyl (C=O) groups is 1. The molecule has 0 heterocycles. The molecular formula is C23H18O3. The standard InChI is InChI=1S/C23H18O3/c1-25-20-14-12-16-8-4-6-10-18(16)22(20)21-17-9-5-3-7-15(17)11-13-19(21)23(24)26-2/h3-14H,1-2H3. The van der Waals surface area contributed by atoms with E-state index in [1.165, 1.54) is 7.11 Å². The van der Waals surface area contributed by atoms with Crippen molar-refractivity contribution in [2.75, 3.05) is 14.2 Å². The zero-order chi connectivity index (χ0) is 18.1. The minimum atomic E-state index is -0.360. The smallest absolute Gasteiger partial charge is 0.338 e. The van der Waals surface area contributed by atoms with E-state index in [0.717, 1.165) is 38.4 Å². The highest BCUT2D eigenvalue weighted by Crippen LogP contribution is 2.42. The maximum Gasteiger partial charge on any atom is 0.338 e. The topological polar surface area (TPSA) is 35.5 Å². The molecule has 0 aliphatic carbocycles. The first-order valence-corrected chi connectivity index (χ1v) is 8.40. The summed E-state index contributed by atoms with van der Waals surface area (Å²) in [7, 11) is 3.05. The van der Waals surface area contributed by atoms with Crippen LogP contribution in [0.3, 0.4) is 0 Å². The van der Waals surface area contributed by atoms with E-state index in [-0.39, 0.29) is 5.97 Å². The average molecular weight is 342 g/mol. The molecule has 0 fully saturated rings. The zero-order valence-electron chi connectivity index (χ0n) is 14.7. The Kier molecular flexibility index (Phi) is 4.05. The van der Waals surface area contributed by atoms with Crippen LogP contribution in [0.5, 0.6) is 5.75 Å². The van der Waals surface area contributed by atoms with Gasteiger partial charge in [-0.2, -0.15) is 0 Å². The fourth-order valence-electron chi connectivity index (χ4n) is 3.50. The Hall–Kier alpha value is -3.33. The first-order valence-electron chi connectivity index (χ1n) is 8.40. The van der Waals surface area contributed by atoms with Gasteiger partial charge in [0, 0.05) is 11.1 Å². The van der Waals surface area contributed by atoms with Gasteiger partial charge in [-0.1, -0.05) is 60.7 Å². The predicted molar refractivity (Wildman–Crippen MR) is 105 cm³/mol. The van der Waals surface area contributed by atoms with Crippen LogP contribution >= 0.6 is 0 Å². The molecule has 0 spiro atoms. The van der Waals surface area contributed by atoms with Gasteiger partial charge in [-0.3, -0.25) is 0 Å². The number of methoxy groups -OCH3 is 2. The second-order valence-electron chi connectivity index (χ2n) is 6.06. The summed E-state index contributed by atoms with van der Waals surface area (Å²) in [6.45, 7) is 0. The Morgan fingerprint density at radius 2 is 1.27 bits per heavy atom. The largest absolute Gasteiger partial charge is 0.496 e. The summed E-state index contributed by atoms with van der Waals surface area (Å²) >= 11 is 0. The lowest BCUT2D eigenvalue weighted by Gasteiger charge is -2.17. The molecule has 4 aromatic carbocycles. The SMILES string of the molecule is COC(=O)c1ccc2ccccc2c1-c1c(OC)ccc2ccccc12. The molecule has 0 unspecified atom stereocenters. The third-order valence-electron chi connectivity index (χ3n) is 4.70. The van der Waals surface area contributed by atoms with E-state index in [1.807, 2.05) is 60.7 Å². The van der Waals surface area contributed by atoms with Crippen LogP contribution in [0.1, 0.15) is 10.4 Å². The second-order valence-corrected chi connectivity index (χ2v) is 6.06. The van der Waals surface area contributed by atoms with Crippen LogP contribution in [0.15, 0.2) is 72.8 Å². The van der Waals surface area contributed by atoms with Gasteiger partial charge < -0.3 is 9.47 Å². The Morgan fingerprint density at radius 1 is 0.692 bits per heavy atom. The van der Waals surface area contributed by atoms with Gasteiger partial charge in [-0.05, 0) is 33.7 Å². The number of hydrogen-bond acceptors (Lipinski definition) is 3. The molecule has 0 atom stereocenters. The van der Waals surface area contributed by atoms with E-state index in [0.29, 0.717) is 5.56 Å². The molecule has 0 saturated heterocycles. The molecule has 0 aliphatic heterocycles. The zero-order valence-corrected chi connectivity index (χ0v) is 14.7. The van der Waals surface area contributed by atoms with E-state index >= 15 is 0 Å². The predicted octanol–water partition coefficient (Wildman–Crippen LogP) is 5.46. The number of rotatable bonds is 3. The van der Waals surface area contributed by atoms with Crippen LogP contribution in [0.2, 0.25) is 0 Å². The summed E-state index contributed by atoms with van der Waals surface area (Å²) in [6.07, 6.45) is 0. The highest BCUT2D eigenvalue weighted by Gasteiger charge is 2.21. The van der Waals surface area contributed by atoms with Crippen LogP contribution < -0.4 is 4.74 Å². The third-order valence-corrected chi connectivity index (χ3v) is 4.70. The van der Waals surface area contributed by atoms with E-state index < -0.39 is 0 Å². The van der Waals surface area contributed by atoms with Crippen LogP contribution in [0, 0.1) is 0 Å². The quantitative estimate of drug-likeness (QED) is 0.464.